The molecule has 1 aromatic heterocycles. The van der Waals surface area contributed by atoms with Crippen molar-refractivity contribution in [3.05, 3.63) is 53.6 Å². The summed E-state index contributed by atoms with van der Waals surface area (Å²) in [4.78, 5) is 11.5. The smallest absolute Gasteiger partial charge is 0.270 e. The first kappa shape index (κ1) is 14.5. The molecule has 0 aliphatic carbocycles. The van der Waals surface area contributed by atoms with Gasteiger partial charge < -0.3 is 5.32 Å². The van der Waals surface area contributed by atoms with Crippen molar-refractivity contribution in [3.8, 4) is 0 Å². The lowest BCUT2D eigenvalue weighted by Gasteiger charge is -2.15. The van der Waals surface area contributed by atoms with Crippen LogP contribution in [0.3, 0.4) is 0 Å². The molecule has 2 rings (SSSR count). The maximum atomic E-state index is 10.7. The molecule has 0 amide bonds. The summed E-state index contributed by atoms with van der Waals surface area (Å²) in [5.74, 6) is 0. The third kappa shape index (κ3) is 3.34. The molecule has 0 aliphatic rings. The molecule has 1 aromatic carbocycles. The SMILES string of the molecule is CC(Nc1ccc([N+](=O)[O-])cc1Br)c1sccc1Br. The standard InChI is InChI=1S/C12H10Br2N2O2S/c1-7(12-9(13)4-5-19-12)15-11-3-2-8(16(17)18)6-10(11)14/h2-7,15H,1H3. The molecule has 7 heteroatoms. The normalized spacial score (nSPS) is 12.2. The molecule has 0 fully saturated rings. The second-order valence-electron chi connectivity index (χ2n) is 3.92. The second kappa shape index (κ2) is 6.02. The van der Waals surface area contributed by atoms with Gasteiger partial charge in [0.1, 0.15) is 0 Å². The number of nitro benzene ring substituents is 1. The molecule has 19 heavy (non-hydrogen) atoms. The number of nitro groups is 1. The van der Waals surface area contributed by atoms with Gasteiger partial charge in [-0.15, -0.1) is 11.3 Å². The summed E-state index contributed by atoms with van der Waals surface area (Å²) < 4.78 is 1.75. The maximum absolute atomic E-state index is 10.7. The number of benzene rings is 1. The van der Waals surface area contributed by atoms with Gasteiger partial charge in [-0.3, -0.25) is 10.1 Å². The van der Waals surface area contributed by atoms with Crippen LogP contribution in [0.1, 0.15) is 17.8 Å². The number of halogens is 2. The first-order valence-electron chi connectivity index (χ1n) is 5.42. The van der Waals surface area contributed by atoms with Gasteiger partial charge in [0.2, 0.25) is 0 Å². The number of anilines is 1. The quantitative estimate of drug-likeness (QED) is 0.550. The van der Waals surface area contributed by atoms with Crippen LogP contribution in [0.2, 0.25) is 0 Å². The molecule has 1 N–H and O–H groups in total. The molecular weight excluding hydrogens is 396 g/mol. The Balaban J connectivity index is 2.20. The first-order valence-corrected chi connectivity index (χ1v) is 7.89. The van der Waals surface area contributed by atoms with Crippen molar-refractivity contribution < 1.29 is 4.92 Å². The van der Waals surface area contributed by atoms with Gasteiger partial charge in [0.15, 0.2) is 0 Å². The highest BCUT2D eigenvalue weighted by molar-refractivity contribution is 9.11. The van der Waals surface area contributed by atoms with Gasteiger partial charge >= 0.3 is 0 Å². The summed E-state index contributed by atoms with van der Waals surface area (Å²) in [6.07, 6.45) is 0. The molecule has 0 saturated heterocycles. The average molecular weight is 406 g/mol. The summed E-state index contributed by atoms with van der Waals surface area (Å²) in [6, 6.07) is 6.82. The zero-order valence-corrected chi connectivity index (χ0v) is 13.9. The van der Waals surface area contributed by atoms with E-state index in [2.05, 4.69) is 37.2 Å². The molecule has 100 valence electrons. The number of hydrogen-bond acceptors (Lipinski definition) is 4. The third-order valence-electron chi connectivity index (χ3n) is 2.57. The highest BCUT2D eigenvalue weighted by atomic mass is 79.9. The molecule has 0 spiro atoms. The van der Waals surface area contributed by atoms with E-state index in [4.69, 9.17) is 0 Å². The Morgan fingerprint density at radius 2 is 2.05 bits per heavy atom. The number of hydrogen-bond donors (Lipinski definition) is 1. The number of non-ortho nitro benzene ring substituents is 1. The summed E-state index contributed by atoms with van der Waals surface area (Å²) >= 11 is 8.51. The van der Waals surface area contributed by atoms with Crippen LogP contribution in [-0.4, -0.2) is 4.92 Å². The van der Waals surface area contributed by atoms with Crippen LogP contribution in [0.4, 0.5) is 11.4 Å². The predicted octanol–water partition coefficient (Wildman–Crippen LogP) is 5.35. The third-order valence-corrected chi connectivity index (χ3v) is 5.28. The van der Waals surface area contributed by atoms with Gasteiger partial charge in [-0.1, -0.05) is 0 Å². The van der Waals surface area contributed by atoms with Crippen LogP contribution in [0, 0.1) is 10.1 Å². The lowest BCUT2D eigenvalue weighted by atomic mass is 10.2. The number of thiophene rings is 1. The van der Waals surface area contributed by atoms with E-state index in [1.165, 1.54) is 17.0 Å². The highest BCUT2D eigenvalue weighted by Gasteiger charge is 2.14. The van der Waals surface area contributed by atoms with Gasteiger partial charge in [-0.2, -0.15) is 0 Å². The Labute approximate surface area is 131 Å². The average Bonchev–Trinajstić information content (AvgIpc) is 2.77. The minimum Gasteiger partial charge on any atom is -0.377 e. The predicted molar refractivity (Wildman–Crippen MR) is 84.9 cm³/mol. The van der Waals surface area contributed by atoms with Crippen molar-refractivity contribution in [2.75, 3.05) is 5.32 Å². The Bertz CT molecular complexity index is 616. The monoisotopic (exact) mass is 404 g/mol. The Morgan fingerprint density at radius 1 is 1.32 bits per heavy atom. The topological polar surface area (TPSA) is 55.2 Å². The lowest BCUT2D eigenvalue weighted by Crippen LogP contribution is -2.06. The summed E-state index contributed by atoms with van der Waals surface area (Å²) in [5.41, 5.74) is 0.904. The first-order chi connectivity index (χ1) is 8.99. The van der Waals surface area contributed by atoms with Gasteiger partial charge in [-0.05, 0) is 56.3 Å². The zero-order valence-electron chi connectivity index (χ0n) is 9.89. The molecule has 4 nitrogen and oxygen atoms in total. The van der Waals surface area contributed by atoms with Crippen LogP contribution in [0.15, 0.2) is 38.6 Å². The fourth-order valence-corrected chi connectivity index (χ4v) is 3.85. The molecule has 1 heterocycles. The highest BCUT2D eigenvalue weighted by Crippen LogP contribution is 2.34. The van der Waals surface area contributed by atoms with Gasteiger partial charge in [-0.25, -0.2) is 0 Å². The van der Waals surface area contributed by atoms with E-state index < -0.39 is 4.92 Å². The van der Waals surface area contributed by atoms with Crippen LogP contribution < -0.4 is 5.32 Å². The second-order valence-corrected chi connectivity index (χ2v) is 6.58. The minimum atomic E-state index is -0.409. The Hall–Kier alpha value is -0.920. The van der Waals surface area contributed by atoms with Crippen molar-refractivity contribution >= 4 is 54.6 Å². The molecule has 2 aromatic rings. The fraction of sp³-hybridized carbons (Fsp3) is 0.167. The van der Waals surface area contributed by atoms with Crippen molar-refractivity contribution in [1.29, 1.82) is 0 Å². The van der Waals surface area contributed by atoms with E-state index in [0.29, 0.717) is 4.47 Å². The lowest BCUT2D eigenvalue weighted by molar-refractivity contribution is -0.384. The molecule has 1 atom stereocenters. The number of nitrogens with zero attached hydrogens (tertiary/aromatic N) is 1. The van der Waals surface area contributed by atoms with Crippen LogP contribution in [0.5, 0.6) is 0 Å². The Kier molecular flexibility index (Phi) is 4.59. The minimum absolute atomic E-state index is 0.0717. The summed E-state index contributed by atoms with van der Waals surface area (Å²) in [6.45, 7) is 2.05. The molecular formula is C12H10Br2N2O2S. The largest absolute Gasteiger partial charge is 0.377 e. The van der Waals surface area contributed by atoms with Gasteiger partial charge in [0, 0.05) is 31.6 Å². The van der Waals surface area contributed by atoms with E-state index in [-0.39, 0.29) is 11.7 Å². The van der Waals surface area contributed by atoms with Crippen molar-refractivity contribution in [2.45, 2.75) is 13.0 Å². The van der Waals surface area contributed by atoms with E-state index in [1.807, 2.05) is 18.4 Å². The van der Waals surface area contributed by atoms with E-state index in [9.17, 15) is 10.1 Å². The summed E-state index contributed by atoms with van der Waals surface area (Å²) in [5, 5.41) is 16.0. The van der Waals surface area contributed by atoms with E-state index >= 15 is 0 Å². The molecule has 0 bridgehead atoms. The van der Waals surface area contributed by atoms with E-state index in [1.54, 1.807) is 17.4 Å². The van der Waals surface area contributed by atoms with Crippen molar-refractivity contribution in [1.82, 2.24) is 0 Å². The van der Waals surface area contributed by atoms with Crippen LogP contribution in [-0.2, 0) is 0 Å². The van der Waals surface area contributed by atoms with Crippen LogP contribution in [0.25, 0.3) is 0 Å². The molecule has 0 aliphatic heterocycles. The maximum Gasteiger partial charge on any atom is 0.270 e. The Morgan fingerprint density at radius 3 is 2.58 bits per heavy atom. The summed E-state index contributed by atoms with van der Waals surface area (Å²) in [7, 11) is 0. The number of nitrogens with one attached hydrogen (secondary N) is 1. The van der Waals surface area contributed by atoms with Crippen LogP contribution >= 0.6 is 43.2 Å². The van der Waals surface area contributed by atoms with E-state index in [0.717, 1.165) is 10.2 Å². The zero-order chi connectivity index (χ0) is 14.0. The van der Waals surface area contributed by atoms with Crippen molar-refractivity contribution in [3.63, 3.8) is 0 Å². The number of rotatable bonds is 4. The van der Waals surface area contributed by atoms with Crippen molar-refractivity contribution in [2.24, 2.45) is 0 Å². The molecule has 0 saturated carbocycles. The molecule has 0 radical (unpaired) electrons. The fourth-order valence-electron chi connectivity index (χ4n) is 1.65. The van der Waals surface area contributed by atoms with Gasteiger partial charge in [0.05, 0.1) is 11.0 Å². The molecule has 1 unspecified atom stereocenters. The van der Waals surface area contributed by atoms with Gasteiger partial charge in [0.25, 0.3) is 5.69 Å².